The van der Waals surface area contributed by atoms with Crippen molar-refractivity contribution in [1.29, 1.82) is 0 Å². The van der Waals surface area contributed by atoms with Crippen LogP contribution in [0.4, 0.5) is 0 Å². The van der Waals surface area contributed by atoms with Crippen molar-refractivity contribution in [3.63, 3.8) is 0 Å². The number of benzene rings is 1. The number of amides is 1. The SMILES string of the molecule is CN1O[C@]2(C)C[C@@H]1C1[C@H](OCc3ccccc3)[C@H](O)CN1C2=O. The molecule has 3 aliphatic heterocycles. The average molecular weight is 318 g/mol. The first-order valence-corrected chi connectivity index (χ1v) is 8.06. The highest BCUT2D eigenvalue weighted by Gasteiger charge is 2.63. The van der Waals surface area contributed by atoms with Crippen molar-refractivity contribution >= 4 is 5.91 Å². The number of carbonyl (C=O) groups is 1. The second-order valence-corrected chi connectivity index (χ2v) is 6.92. The lowest BCUT2D eigenvalue weighted by atomic mass is 9.86. The average Bonchev–Trinajstić information content (AvgIpc) is 3.00. The molecule has 0 saturated carbocycles. The number of nitrogens with zero attached hydrogens (tertiary/aromatic N) is 2. The number of hydroxylamine groups is 2. The number of hydrogen-bond donors (Lipinski definition) is 1. The van der Waals surface area contributed by atoms with E-state index in [9.17, 15) is 9.90 Å². The summed E-state index contributed by atoms with van der Waals surface area (Å²) in [4.78, 5) is 20.2. The zero-order valence-corrected chi connectivity index (χ0v) is 13.4. The van der Waals surface area contributed by atoms with Crippen LogP contribution in [0.3, 0.4) is 0 Å². The van der Waals surface area contributed by atoms with Gasteiger partial charge in [0.1, 0.15) is 6.10 Å². The zero-order chi connectivity index (χ0) is 16.2. The molecule has 23 heavy (non-hydrogen) atoms. The highest BCUT2D eigenvalue weighted by Crippen LogP contribution is 2.44. The molecule has 124 valence electrons. The lowest BCUT2D eigenvalue weighted by Gasteiger charge is -2.38. The Bertz CT molecular complexity index is 610. The summed E-state index contributed by atoms with van der Waals surface area (Å²) in [5.74, 6) is -0.0482. The fourth-order valence-corrected chi connectivity index (χ4v) is 4.17. The molecule has 1 N–H and O–H groups in total. The maximum atomic E-state index is 12.7. The minimum Gasteiger partial charge on any atom is -0.388 e. The molecule has 1 aromatic rings. The van der Waals surface area contributed by atoms with E-state index in [-0.39, 0.29) is 18.0 Å². The second-order valence-electron chi connectivity index (χ2n) is 6.92. The molecular formula is C17H22N2O4. The summed E-state index contributed by atoms with van der Waals surface area (Å²) in [5.41, 5.74) is 0.255. The van der Waals surface area contributed by atoms with E-state index in [2.05, 4.69) is 0 Å². The quantitative estimate of drug-likeness (QED) is 0.882. The Labute approximate surface area is 135 Å². The maximum absolute atomic E-state index is 12.7. The molecule has 3 heterocycles. The van der Waals surface area contributed by atoms with Gasteiger partial charge in [-0.2, -0.15) is 5.06 Å². The Morgan fingerprint density at radius 2 is 2.13 bits per heavy atom. The molecule has 6 heteroatoms. The van der Waals surface area contributed by atoms with Crippen molar-refractivity contribution in [2.24, 2.45) is 0 Å². The van der Waals surface area contributed by atoms with Gasteiger partial charge in [0.05, 0.1) is 24.8 Å². The number of aliphatic hydroxyl groups is 1. The predicted molar refractivity (Wildman–Crippen MR) is 82.2 cm³/mol. The molecule has 5 atom stereocenters. The molecule has 0 aromatic heterocycles. The van der Waals surface area contributed by atoms with E-state index in [4.69, 9.17) is 9.57 Å². The van der Waals surface area contributed by atoms with Gasteiger partial charge < -0.3 is 14.7 Å². The maximum Gasteiger partial charge on any atom is 0.257 e. The van der Waals surface area contributed by atoms with Gasteiger partial charge in [-0.3, -0.25) is 9.63 Å². The molecule has 3 saturated heterocycles. The number of hydrogen-bond acceptors (Lipinski definition) is 5. The van der Waals surface area contributed by atoms with Crippen LogP contribution < -0.4 is 0 Å². The summed E-state index contributed by atoms with van der Waals surface area (Å²) >= 11 is 0. The van der Waals surface area contributed by atoms with Gasteiger partial charge in [-0.1, -0.05) is 30.3 Å². The fraction of sp³-hybridized carbons (Fsp3) is 0.588. The molecule has 6 nitrogen and oxygen atoms in total. The van der Waals surface area contributed by atoms with Gasteiger partial charge in [-0.05, 0) is 12.5 Å². The molecule has 2 bridgehead atoms. The molecular weight excluding hydrogens is 296 g/mol. The Morgan fingerprint density at radius 3 is 2.87 bits per heavy atom. The minimum absolute atomic E-state index is 0.0482. The molecule has 3 fully saturated rings. The Balaban J connectivity index is 1.56. The number of carbonyl (C=O) groups excluding carboxylic acids is 1. The first-order valence-electron chi connectivity index (χ1n) is 8.06. The van der Waals surface area contributed by atoms with Gasteiger partial charge >= 0.3 is 0 Å². The minimum atomic E-state index is -0.802. The van der Waals surface area contributed by atoms with E-state index in [1.807, 2.05) is 44.3 Å². The van der Waals surface area contributed by atoms with Gasteiger partial charge in [0, 0.05) is 20.0 Å². The molecule has 4 rings (SSSR count). The van der Waals surface area contributed by atoms with Crippen LogP contribution in [-0.4, -0.2) is 64.5 Å². The molecule has 1 aromatic carbocycles. The first kappa shape index (κ1) is 15.1. The van der Waals surface area contributed by atoms with E-state index >= 15 is 0 Å². The number of ether oxygens (including phenoxy) is 1. The number of piperidine rings is 1. The van der Waals surface area contributed by atoms with Crippen LogP contribution in [0.2, 0.25) is 0 Å². The Morgan fingerprint density at radius 1 is 1.39 bits per heavy atom. The Kier molecular flexibility index (Phi) is 3.46. The van der Waals surface area contributed by atoms with Crippen molar-refractivity contribution in [3.8, 4) is 0 Å². The normalized spacial score (nSPS) is 39.8. The molecule has 3 aliphatic rings. The van der Waals surface area contributed by atoms with Crippen molar-refractivity contribution in [2.75, 3.05) is 13.6 Å². The van der Waals surface area contributed by atoms with Crippen molar-refractivity contribution < 1.29 is 19.5 Å². The van der Waals surface area contributed by atoms with E-state index < -0.39 is 17.8 Å². The van der Waals surface area contributed by atoms with E-state index in [0.29, 0.717) is 19.6 Å². The largest absolute Gasteiger partial charge is 0.388 e. The highest BCUT2D eigenvalue weighted by atomic mass is 16.7. The van der Waals surface area contributed by atoms with Crippen LogP contribution in [0.25, 0.3) is 0 Å². The van der Waals surface area contributed by atoms with Crippen molar-refractivity contribution in [2.45, 2.75) is 49.8 Å². The van der Waals surface area contributed by atoms with Gasteiger partial charge in [0.15, 0.2) is 5.60 Å². The number of aliphatic hydroxyl groups excluding tert-OH is 1. The van der Waals surface area contributed by atoms with Crippen LogP contribution in [0.5, 0.6) is 0 Å². The van der Waals surface area contributed by atoms with Crippen molar-refractivity contribution in [1.82, 2.24) is 9.96 Å². The van der Waals surface area contributed by atoms with Crippen LogP contribution in [-0.2, 0) is 21.0 Å². The summed E-state index contributed by atoms with van der Waals surface area (Å²) in [6.45, 7) is 2.56. The predicted octanol–water partition coefficient (Wildman–Crippen LogP) is 0.551. The summed E-state index contributed by atoms with van der Waals surface area (Å²) in [7, 11) is 1.85. The number of rotatable bonds is 3. The Hall–Kier alpha value is -1.47. The second kappa shape index (κ2) is 5.27. The van der Waals surface area contributed by atoms with E-state index in [1.54, 1.807) is 9.96 Å². The molecule has 1 unspecified atom stereocenters. The number of likely N-dealkylation sites (N-methyl/N-ethyl adjacent to an activating group) is 1. The topological polar surface area (TPSA) is 62.2 Å². The standard InChI is InChI=1S/C17H22N2O4/c1-17-8-12(18(2)23-17)14-15(13(20)9-19(14)16(17)21)22-10-11-6-4-3-5-7-11/h3-7,12-15,20H,8-10H2,1-2H3/t12-,13-,14?,15-,17-/m1/s1. The molecule has 0 spiro atoms. The summed E-state index contributed by atoms with van der Waals surface area (Å²) < 4.78 is 6.02. The van der Waals surface area contributed by atoms with Gasteiger partial charge in [0.2, 0.25) is 0 Å². The smallest absolute Gasteiger partial charge is 0.257 e. The van der Waals surface area contributed by atoms with E-state index in [0.717, 1.165) is 5.56 Å². The van der Waals surface area contributed by atoms with Crippen LogP contribution >= 0.6 is 0 Å². The first-order chi connectivity index (χ1) is 11.0. The molecule has 0 radical (unpaired) electrons. The van der Waals surface area contributed by atoms with Gasteiger partial charge in [0.25, 0.3) is 5.91 Å². The van der Waals surface area contributed by atoms with Gasteiger partial charge in [-0.25, -0.2) is 0 Å². The monoisotopic (exact) mass is 318 g/mol. The van der Waals surface area contributed by atoms with E-state index in [1.165, 1.54) is 0 Å². The number of fused-ring (bicyclic) bond motifs is 4. The van der Waals surface area contributed by atoms with Crippen molar-refractivity contribution in [3.05, 3.63) is 35.9 Å². The fourth-order valence-electron chi connectivity index (χ4n) is 4.17. The van der Waals surface area contributed by atoms with Crippen LogP contribution in [0, 0.1) is 0 Å². The third-order valence-electron chi connectivity index (χ3n) is 5.26. The zero-order valence-electron chi connectivity index (χ0n) is 13.4. The molecule has 1 amide bonds. The lowest BCUT2D eigenvalue weighted by Crippen LogP contribution is -2.58. The highest BCUT2D eigenvalue weighted by molar-refractivity contribution is 5.87. The van der Waals surface area contributed by atoms with Crippen LogP contribution in [0.1, 0.15) is 18.9 Å². The van der Waals surface area contributed by atoms with Crippen LogP contribution in [0.15, 0.2) is 30.3 Å². The van der Waals surface area contributed by atoms with Gasteiger partial charge in [-0.15, -0.1) is 0 Å². The lowest BCUT2D eigenvalue weighted by molar-refractivity contribution is -0.188. The third kappa shape index (κ3) is 2.29. The third-order valence-corrected chi connectivity index (χ3v) is 5.26. The summed E-state index contributed by atoms with van der Waals surface area (Å²) in [6.07, 6.45) is -0.414. The molecule has 0 aliphatic carbocycles. The summed E-state index contributed by atoms with van der Waals surface area (Å²) in [6, 6.07) is 9.76. The summed E-state index contributed by atoms with van der Waals surface area (Å²) in [5, 5.41) is 12.2.